The lowest BCUT2D eigenvalue weighted by Gasteiger charge is -2.21. The van der Waals surface area contributed by atoms with Crippen molar-refractivity contribution in [3.05, 3.63) is 28.3 Å². The fraction of sp³-hybridized carbons (Fsp3) is 0.357. The number of amides is 4. The zero-order chi connectivity index (χ0) is 16.1. The molecule has 1 saturated heterocycles. The molecule has 0 aliphatic carbocycles. The number of rotatable bonds is 3. The third kappa shape index (κ3) is 1.82. The van der Waals surface area contributed by atoms with Crippen molar-refractivity contribution in [2.45, 2.75) is 12.5 Å². The molecule has 0 aromatic heterocycles. The summed E-state index contributed by atoms with van der Waals surface area (Å²) in [5, 5.41) is 4.98. The van der Waals surface area contributed by atoms with E-state index in [0.717, 1.165) is 5.56 Å². The molecule has 4 amide bonds. The minimum Gasteiger partial charge on any atom is -0.383 e. The van der Waals surface area contributed by atoms with E-state index in [4.69, 9.17) is 16.3 Å². The molecular formula is C14H14ClN3O4. The van der Waals surface area contributed by atoms with Crippen LogP contribution in [0.15, 0.2) is 12.1 Å². The van der Waals surface area contributed by atoms with Crippen molar-refractivity contribution in [1.82, 2.24) is 10.6 Å². The minimum absolute atomic E-state index is 0.274. The predicted octanol–water partition coefficient (Wildman–Crippen LogP) is 0.676. The standard InChI is InChI=1S/C14H14ClN3O4/c1-7-5-8(15)6-9-10(7)18(3-4-22-2)12(20)14(9)11(19)16-13(21)17-14/h5-6H,3-4H2,1-2H3,(H2,16,17,19,21). The Bertz CT molecular complexity index is 706. The number of carbonyl (C=O) groups is 3. The van der Waals surface area contributed by atoms with Gasteiger partial charge in [0.2, 0.25) is 5.54 Å². The highest BCUT2D eigenvalue weighted by atomic mass is 35.5. The van der Waals surface area contributed by atoms with Gasteiger partial charge in [0, 0.05) is 24.2 Å². The molecule has 0 bridgehead atoms. The van der Waals surface area contributed by atoms with Gasteiger partial charge in [0.05, 0.1) is 12.3 Å². The second kappa shape index (κ2) is 4.96. The minimum atomic E-state index is -1.74. The average Bonchev–Trinajstić information content (AvgIpc) is 2.86. The number of fused-ring (bicyclic) bond motifs is 2. The quantitative estimate of drug-likeness (QED) is 0.632. The van der Waals surface area contributed by atoms with E-state index in [0.29, 0.717) is 22.9 Å². The van der Waals surface area contributed by atoms with Gasteiger partial charge in [0.15, 0.2) is 0 Å². The molecule has 2 heterocycles. The molecule has 1 atom stereocenters. The normalized spacial score (nSPS) is 23.0. The molecule has 1 spiro atoms. The Balaban J connectivity index is 2.22. The van der Waals surface area contributed by atoms with Crippen molar-refractivity contribution < 1.29 is 19.1 Å². The molecule has 2 N–H and O–H groups in total. The van der Waals surface area contributed by atoms with Crippen molar-refractivity contribution in [2.75, 3.05) is 25.2 Å². The van der Waals surface area contributed by atoms with Gasteiger partial charge < -0.3 is 15.0 Å². The molecule has 7 nitrogen and oxygen atoms in total. The van der Waals surface area contributed by atoms with Crippen LogP contribution in [-0.4, -0.2) is 38.1 Å². The predicted molar refractivity (Wildman–Crippen MR) is 78.8 cm³/mol. The van der Waals surface area contributed by atoms with Crippen LogP contribution in [0.3, 0.4) is 0 Å². The number of urea groups is 1. The highest BCUT2D eigenvalue weighted by Crippen LogP contribution is 2.45. The maximum Gasteiger partial charge on any atom is 0.323 e. The molecule has 0 saturated carbocycles. The number of ether oxygens (including phenoxy) is 1. The van der Waals surface area contributed by atoms with Crippen molar-refractivity contribution in [3.8, 4) is 0 Å². The third-order valence-electron chi connectivity index (χ3n) is 3.89. The Hall–Kier alpha value is -2.12. The van der Waals surface area contributed by atoms with Gasteiger partial charge in [-0.2, -0.15) is 0 Å². The lowest BCUT2D eigenvalue weighted by molar-refractivity contribution is -0.134. The number of imide groups is 1. The molecule has 1 aromatic rings. The van der Waals surface area contributed by atoms with Crippen molar-refractivity contribution >= 4 is 35.1 Å². The second-order valence-corrected chi connectivity index (χ2v) is 5.66. The summed E-state index contributed by atoms with van der Waals surface area (Å²) in [5.41, 5.74) is -0.0148. The number of methoxy groups -OCH3 is 1. The van der Waals surface area contributed by atoms with E-state index in [1.54, 1.807) is 19.1 Å². The van der Waals surface area contributed by atoms with Gasteiger partial charge in [-0.1, -0.05) is 11.6 Å². The summed E-state index contributed by atoms with van der Waals surface area (Å²) in [5.74, 6) is -1.20. The van der Waals surface area contributed by atoms with Gasteiger partial charge in [0.25, 0.3) is 11.8 Å². The number of carbonyl (C=O) groups excluding carboxylic acids is 3. The summed E-state index contributed by atoms with van der Waals surface area (Å²) in [4.78, 5) is 38.2. The lowest BCUT2D eigenvalue weighted by atomic mass is 9.90. The second-order valence-electron chi connectivity index (χ2n) is 5.23. The van der Waals surface area contributed by atoms with E-state index in [1.165, 1.54) is 12.0 Å². The van der Waals surface area contributed by atoms with E-state index >= 15 is 0 Å². The van der Waals surface area contributed by atoms with Crippen molar-refractivity contribution in [2.24, 2.45) is 0 Å². The molecule has 8 heteroatoms. The Morgan fingerprint density at radius 2 is 2.05 bits per heavy atom. The zero-order valence-corrected chi connectivity index (χ0v) is 12.8. The summed E-state index contributed by atoms with van der Waals surface area (Å²) >= 11 is 6.08. The first-order valence-electron chi connectivity index (χ1n) is 6.67. The molecule has 0 radical (unpaired) electrons. The number of nitrogens with zero attached hydrogens (tertiary/aromatic N) is 1. The molecule has 2 aliphatic heterocycles. The number of hydrogen-bond acceptors (Lipinski definition) is 4. The van der Waals surface area contributed by atoms with Gasteiger partial charge in [-0.15, -0.1) is 0 Å². The highest BCUT2D eigenvalue weighted by molar-refractivity contribution is 6.32. The first-order chi connectivity index (χ1) is 10.4. The van der Waals surface area contributed by atoms with Gasteiger partial charge in [-0.3, -0.25) is 14.9 Å². The molecule has 1 fully saturated rings. The van der Waals surface area contributed by atoms with Crippen molar-refractivity contribution in [1.29, 1.82) is 0 Å². The van der Waals surface area contributed by atoms with Crippen LogP contribution >= 0.6 is 11.6 Å². The monoisotopic (exact) mass is 323 g/mol. The van der Waals surface area contributed by atoms with E-state index in [2.05, 4.69) is 10.6 Å². The zero-order valence-electron chi connectivity index (χ0n) is 12.0. The van der Waals surface area contributed by atoms with Gasteiger partial charge in [-0.05, 0) is 24.6 Å². The van der Waals surface area contributed by atoms with Gasteiger partial charge in [0.1, 0.15) is 0 Å². The molecule has 2 aliphatic rings. The molecule has 1 aromatic carbocycles. The van der Waals surface area contributed by atoms with Crippen LogP contribution in [0.4, 0.5) is 10.5 Å². The Kier molecular flexibility index (Phi) is 3.34. The number of aryl methyl sites for hydroxylation is 1. The third-order valence-corrected chi connectivity index (χ3v) is 4.11. The van der Waals surface area contributed by atoms with Crippen LogP contribution < -0.4 is 15.5 Å². The maximum atomic E-state index is 12.9. The lowest BCUT2D eigenvalue weighted by Crippen LogP contribution is -2.52. The van der Waals surface area contributed by atoms with E-state index in [-0.39, 0.29) is 6.54 Å². The molecule has 1 unspecified atom stereocenters. The van der Waals surface area contributed by atoms with Crippen LogP contribution in [0.2, 0.25) is 5.02 Å². The topological polar surface area (TPSA) is 87.7 Å². The molecule has 3 rings (SSSR count). The SMILES string of the molecule is COCCN1C(=O)C2(NC(=O)NC2=O)c2cc(Cl)cc(C)c21. The summed E-state index contributed by atoms with van der Waals surface area (Å²) in [6.07, 6.45) is 0. The number of hydrogen-bond donors (Lipinski definition) is 2. The van der Waals surface area contributed by atoms with E-state index in [1.807, 2.05) is 0 Å². The van der Waals surface area contributed by atoms with Crippen LogP contribution in [0, 0.1) is 6.92 Å². The Labute approximate surface area is 131 Å². The summed E-state index contributed by atoms with van der Waals surface area (Å²) in [6.45, 7) is 2.38. The number of benzene rings is 1. The summed E-state index contributed by atoms with van der Waals surface area (Å²) in [6, 6.07) is 2.55. The smallest absolute Gasteiger partial charge is 0.323 e. The van der Waals surface area contributed by atoms with Crippen LogP contribution in [0.1, 0.15) is 11.1 Å². The van der Waals surface area contributed by atoms with Crippen LogP contribution in [-0.2, 0) is 19.9 Å². The number of halogens is 1. The largest absolute Gasteiger partial charge is 0.383 e. The maximum absolute atomic E-state index is 12.9. The van der Waals surface area contributed by atoms with Crippen LogP contribution in [0.5, 0.6) is 0 Å². The van der Waals surface area contributed by atoms with Crippen LogP contribution in [0.25, 0.3) is 0 Å². The van der Waals surface area contributed by atoms with E-state index in [9.17, 15) is 14.4 Å². The number of anilines is 1. The van der Waals surface area contributed by atoms with Gasteiger partial charge in [-0.25, -0.2) is 4.79 Å². The fourth-order valence-electron chi connectivity index (χ4n) is 2.99. The van der Waals surface area contributed by atoms with E-state index < -0.39 is 23.4 Å². The first-order valence-corrected chi connectivity index (χ1v) is 7.04. The fourth-order valence-corrected chi connectivity index (χ4v) is 3.26. The number of nitrogens with one attached hydrogen (secondary N) is 2. The summed E-state index contributed by atoms with van der Waals surface area (Å²) in [7, 11) is 1.52. The molecular weight excluding hydrogens is 310 g/mol. The summed E-state index contributed by atoms with van der Waals surface area (Å²) < 4.78 is 5.02. The highest BCUT2D eigenvalue weighted by Gasteiger charge is 2.61. The van der Waals surface area contributed by atoms with Gasteiger partial charge >= 0.3 is 6.03 Å². The Morgan fingerprint density at radius 3 is 2.64 bits per heavy atom. The molecule has 22 heavy (non-hydrogen) atoms. The Morgan fingerprint density at radius 1 is 1.32 bits per heavy atom. The average molecular weight is 324 g/mol. The molecule has 116 valence electrons. The van der Waals surface area contributed by atoms with Crippen molar-refractivity contribution in [3.63, 3.8) is 0 Å². The first kappa shape index (κ1) is 14.8.